The van der Waals surface area contributed by atoms with Crippen LogP contribution in [0.2, 0.25) is 0 Å². The molecule has 196 valence electrons. The molecule has 2 aromatic rings. The summed E-state index contributed by atoms with van der Waals surface area (Å²) in [6.07, 6.45) is -0.755. The molecule has 0 aliphatic carbocycles. The second kappa shape index (κ2) is 10.3. The molecule has 3 atom stereocenters. The fourth-order valence-electron chi connectivity index (χ4n) is 4.32. The van der Waals surface area contributed by atoms with E-state index in [0.717, 1.165) is 24.2 Å². The summed E-state index contributed by atoms with van der Waals surface area (Å²) < 4.78 is 33.6. The highest BCUT2D eigenvalue weighted by Crippen LogP contribution is 2.39. The Hall–Kier alpha value is -2.70. The molecule has 2 aliphatic heterocycles. The van der Waals surface area contributed by atoms with E-state index in [4.69, 9.17) is 4.74 Å². The molecule has 36 heavy (non-hydrogen) atoms. The number of rotatable bonds is 6. The van der Waals surface area contributed by atoms with E-state index in [1.54, 1.807) is 4.90 Å². The van der Waals surface area contributed by atoms with Gasteiger partial charge in [-0.15, -0.1) is 11.3 Å². The number of aliphatic hydroxyl groups excluding tert-OH is 1. The standard InChI is InChI=1S/C24H31F2N5O4S/c1-12-6-5-7-31(12)23(34)18-19(36-22(29-18)21(33)28-15-10-35-11-16(15)32)14-9-27-17(30-24(2,3)4)8-13(14)20(25)26/h8-9,12,15-16,20,32H,5-7,10-11H2,1-4H3,(H,27,30)(H,28,33)/t12-,15-,16-/m0/s1. The van der Waals surface area contributed by atoms with Crippen LogP contribution in [0.5, 0.6) is 0 Å². The minimum Gasteiger partial charge on any atom is -0.388 e. The molecule has 12 heteroatoms. The van der Waals surface area contributed by atoms with Crippen LogP contribution in [0.1, 0.15) is 72.8 Å². The van der Waals surface area contributed by atoms with Gasteiger partial charge in [-0.3, -0.25) is 9.59 Å². The molecule has 0 spiro atoms. The Morgan fingerprint density at radius 3 is 2.64 bits per heavy atom. The lowest BCUT2D eigenvalue weighted by atomic mass is 10.1. The predicted octanol–water partition coefficient (Wildman–Crippen LogP) is 3.47. The van der Waals surface area contributed by atoms with E-state index in [-0.39, 0.29) is 51.8 Å². The van der Waals surface area contributed by atoms with Crippen molar-refractivity contribution in [3.63, 3.8) is 0 Å². The molecule has 0 radical (unpaired) electrons. The quantitative estimate of drug-likeness (QED) is 0.531. The first-order chi connectivity index (χ1) is 16.9. The first-order valence-electron chi connectivity index (χ1n) is 11.9. The van der Waals surface area contributed by atoms with Crippen molar-refractivity contribution >= 4 is 29.0 Å². The predicted molar refractivity (Wildman–Crippen MR) is 131 cm³/mol. The highest BCUT2D eigenvalue weighted by atomic mass is 32.1. The van der Waals surface area contributed by atoms with Gasteiger partial charge in [0.25, 0.3) is 18.2 Å². The first kappa shape index (κ1) is 26.4. The number of ether oxygens (including phenoxy) is 1. The Morgan fingerprint density at radius 1 is 1.31 bits per heavy atom. The van der Waals surface area contributed by atoms with Gasteiger partial charge in [-0.1, -0.05) is 0 Å². The van der Waals surface area contributed by atoms with Crippen LogP contribution in [0.15, 0.2) is 12.3 Å². The summed E-state index contributed by atoms with van der Waals surface area (Å²) in [5.74, 6) is -0.742. The summed E-state index contributed by atoms with van der Waals surface area (Å²) in [5.41, 5.74) is -0.705. The van der Waals surface area contributed by atoms with Gasteiger partial charge >= 0.3 is 0 Å². The number of aromatic nitrogens is 2. The molecule has 2 aliphatic rings. The van der Waals surface area contributed by atoms with Crippen LogP contribution in [-0.4, -0.2) is 75.3 Å². The molecule has 2 fully saturated rings. The number of thiazole rings is 1. The smallest absolute Gasteiger partial charge is 0.280 e. The summed E-state index contributed by atoms with van der Waals surface area (Å²) in [5, 5.41) is 15.7. The Morgan fingerprint density at radius 2 is 2.06 bits per heavy atom. The third-order valence-electron chi connectivity index (χ3n) is 6.12. The molecule has 9 nitrogen and oxygen atoms in total. The van der Waals surface area contributed by atoms with E-state index in [1.807, 2.05) is 27.7 Å². The molecule has 2 aromatic heterocycles. The Balaban J connectivity index is 1.76. The first-order valence-corrected chi connectivity index (χ1v) is 12.7. The molecule has 0 bridgehead atoms. The third kappa shape index (κ3) is 5.65. The number of carbonyl (C=O) groups excluding carboxylic acids is 2. The maximum atomic E-state index is 14.2. The third-order valence-corrected chi connectivity index (χ3v) is 7.21. The van der Waals surface area contributed by atoms with Crippen molar-refractivity contribution in [2.24, 2.45) is 0 Å². The number of likely N-dealkylation sites (tertiary alicyclic amines) is 1. The zero-order valence-corrected chi connectivity index (χ0v) is 21.5. The lowest BCUT2D eigenvalue weighted by molar-refractivity contribution is 0.0742. The summed E-state index contributed by atoms with van der Waals surface area (Å²) in [6, 6.07) is 0.619. The number of pyridine rings is 1. The van der Waals surface area contributed by atoms with Crippen LogP contribution in [-0.2, 0) is 4.74 Å². The summed E-state index contributed by atoms with van der Waals surface area (Å²) in [4.78, 5) is 36.9. The van der Waals surface area contributed by atoms with E-state index in [1.165, 1.54) is 12.3 Å². The number of amides is 2. The molecule has 3 N–H and O–H groups in total. The number of carbonyl (C=O) groups is 2. The summed E-state index contributed by atoms with van der Waals surface area (Å²) >= 11 is 0.857. The lowest BCUT2D eigenvalue weighted by Gasteiger charge is -2.23. The number of hydrogen-bond acceptors (Lipinski definition) is 8. The average Bonchev–Trinajstić information content (AvgIpc) is 3.52. The minimum absolute atomic E-state index is 0.0267. The van der Waals surface area contributed by atoms with Crippen LogP contribution < -0.4 is 10.6 Å². The van der Waals surface area contributed by atoms with Crippen molar-refractivity contribution in [2.45, 2.75) is 70.7 Å². The number of aliphatic hydroxyl groups is 1. The summed E-state index contributed by atoms with van der Waals surface area (Å²) in [6.45, 7) is 8.35. The Kier molecular flexibility index (Phi) is 7.58. The van der Waals surface area contributed by atoms with E-state index < -0.39 is 35.9 Å². The highest BCUT2D eigenvalue weighted by Gasteiger charge is 2.34. The second-order valence-electron chi connectivity index (χ2n) is 10.2. The van der Waals surface area contributed by atoms with Crippen molar-refractivity contribution in [1.29, 1.82) is 0 Å². The molecule has 4 rings (SSSR count). The van der Waals surface area contributed by atoms with Crippen molar-refractivity contribution in [3.05, 3.63) is 28.5 Å². The number of nitrogens with one attached hydrogen (secondary N) is 2. The van der Waals surface area contributed by atoms with E-state index in [0.29, 0.717) is 6.54 Å². The normalized spacial score (nSPS) is 22.3. The van der Waals surface area contributed by atoms with E-state index in [2.05, 4.69) is 20.6 Å². The monoisotopic (exact) mass is 523 g/mol. The maximum absolute atomic E-state index is 14.2. The number of hydrogen-bond donors (Lipinski definition) is 3. The Labute approximate surface area is 212 Å². The average molecular weight is 524 g/mol. The van der Waals surface area contributed by atoms with Gasteiger partial charge in [-0.05, 0) is 46.6 Å². The lowest BCUT2D eigenvalue weighted by Crippen LogP contribution is -2.42. The zero-order valence-electron chi connectivity index (χ0n) is 20.7. The Bertz CT molecular complexity index is 1140. The molecular weight excluding hydrogens is 492 g/mol. The van der Waals surface area contributed by atoms with E-state index >= 15 is 0 Å². The SMILES string of the molecule is C[C@H]1CCCN1C(=O)c1nc(C(=O)N[C@H]2COC[C@@H]2O)sc1-c1cnc(NC(C)(C)C)cc1C(F)F. The minimum atomic E-state index is -2.85. The van der Waals surface area contributed by atoms with Crippen LogP contribution in [0, 0.1) is 0 Å². The molecule has 0 aromatic carbocycles. The number of anilines is 1. The molecule has 2 saturated heterocycles. The summed E-state index contributed by atoms with van der Waals surface area (Å²) in [7, 11) is 0. The molecule has 2 amide bonds. The van der Waals surface area contributed by atoms with E-state index in [9.17, 15) is 23.5 Å². The number of nitrogens with zero attached hydrogens (tertiary/aromatic N) is 3. The fraction of sp³-hybridized carbons (Fsp3) is 0.583. The molecule has 4 heterocycles. The van der Waals surface area contributed by atoms with Gasteiger partial charge in [0.15, 0.2) is 5.01 Å². The van der Waals surface area contributed by atoms with Gasteiger partial charge in [0.05, 0.1) is 30.2 Å². The van der Waals surface area contributed by atoms with Crippen LogP contribution in [0.4, 0.5) is 14.6 Å². The van der Waals surface area contributed by atoms with Gasteiger partial charge in [-0.2, -0.15) is 0 Å². The van der Waals surface area contributed by atoms with Gasteiger partial charge in [0, 0.05) is 35.4 Å². The number of halogens is 2. The van der Waals surface area contributed by atoms with Crippen LogP contribution in [0.25, 0.3) is 10.4 Å². The van der Waals surface area contributed by atoms with Crippen molar-refractivity contribution < 1.29 is 28.2 Å². The fourth-order valence-corrected chi connectivity index (χ4v) is 5.31. The van der Waals surface area contributed by atoms with Gasteiger partial charge < -0.3 is 25.4 Å². The van der Waals surface area contributed by atoms with Gasteiger partial charge in [0.1, 0.15) is 11.5 Å². The highest BCUT2D eigenvalue weighted by molar-refractivity contribution is 7.17. The van der Waals surface area contributed by atoms with Crippen molar-refractivity contribution in [3.8, 4) is 10.4 Å². The van der Waals surface area contributed by atoms with Gasteiger partial charge in [-0.25, -0.2) is 18.7 Å². The molecular formula is C24H31F2N5O4S. The maximum Gasteiger partial charge on any atom is 0.280 e. The van der Waals surface area contributed by atoms with Crippen molar-refractivity contribution in [2.75, 3.05) is 25.1 Å². The van der Waals surface area contributed by atoms with Crippen molar-refractivity contribution in [1.82, 2.24) is 20.2 Å². The molecule has 0 saturated carbocycles. The topological polar surface area (TPSA) is 117 Å². The molecule has 0 unspecified atom stereocenters. The largest absolute Gasteiger partial charge is 0.388 e. The van der Waals surface area contributed by atoms with Crippen LogP contribution >= 0.6 is 11.3 Å². The zero-order chi connectivity index (χ0) is 26.2. The van der Waals surface area contributed by atoms with Gasteiger partial charge in [0.2, 0.25) is 0 Å². The number of alkyl halides is 2. The van der Waals surface area contributed by atoms with Crippen LogP contribution in [0.3, 0.4) is 0 Å². The second-order valence-corrected chi connectivity index (χ2v) is 11.2.